The Morgan fingerprint density at radius 1 is 0.536 bits per heavy atom. The van der Waals surface area contributed by atoms with E-state index in [4.69, 9.17) is 0 Å². The number of hydrogen-bond acceptors (Lipinski definition) is 2. The van der Waals surface area contributed by atoms with E-state index in [0.717, 1.165) is 0 Å². The van der Waals surface area contributed by atoms with E-state index in [1.165, 1.54) is 129 Å². The van der Waals surface area contributed by atoms with Gasteiger partial charge in [0.2, 0.25) is 0 Å². The summed E-state index contributed by atoms with van der Waals surface area (Å²) in [4.78, 5) is 5.03. The summed E-state index contributed by atoms with van der Waals surface area (Å²) in [6.45, 7) is 5.85. The summed E-state index contributed by atoms with van der Waals surface area (Å²) in [6.07, 6.45) is 32.2. The molecule has 2 nitrogen and oxygen atoms in total. The fraction of sp³-hybridized carbons (Fsp3) is 0.923. The zero-order valence-corrected chi connectivity index (χ0v) is 19.8. The molecule has 0 amide bonds. The molecule has 0 saturated heterocycles. The minimum Gasteiger partial charge on any atom is -0.359 e. The molecule has 1 heterocycles. The second-order valence-electron chi connectivity index (χ2n) is 9.13. The molecule has 28 heavy (non-hydrogen) atoms. The minimum atomic E-state index is 0.624. The molecule has 0 aromatic carbocycles. The van der Waals surface area contributed by atoms with Gasteiger partial charge in [-0.1, -0.05) is 117 Å². The lowest BCUT2D eigenvalue weighted by atomic mass is 10.1. The molecule has 1 rings (SSSR count). The average molecular weight is 393 g/mol. The van der Waals surface area contributed by atoms with Crippen molar-refractivity contribution in [1.82, 2.24) is 9.80 Å². The average Bonchev–Trinajstić information content (AvgIpc) is 3.05. The Hall–Kier alpha value is -0.660. The van der Waals surface area contributed by atoms with Crippen molar-refractivity contribution in [2.24, 2.45) is 0 Å². The van der Waals surface area contributed by atoms with Gasteiger partial charge in [0.1, 0.15) is 6.17 Å². The highest BCUT2D eigenvalue weighted by Gasteiger charge is 2.22. The van der Waals surface area contributed by atoms with Crippen molar-refractivity contribution in [2.75, 3.05) is 13.6 Å². The van der Waals surface area contributed by atoms with Gasteiger partial charge in [-0.2, -0.15) is 0 Å². The van der Waals surface area contributed by atoms with Crippen LogP contribution < -0.4 is 0 Å². The van der Waals surface area contributed by atoms with E-state index in [2.05, 4.69) is 43.1 Å². The normalized spacial score (nSPS) is 16.5. The second-order valence-corrected chi connectivity index (χ2v) is 9.13. The van der Waals surface area contributed by atoms with Gasteiger partial charge < -0.3 is 9.80 Å². The molecule has 1 unspecified atom stereocenters. The molecule has 1 aliphatic heterocycles. The molecule has 0 bridgehead atoms. The zero-order chi connectivity index (χ0) is 20.3. The van der Waals surface area contributed by atoms with Gasteiger partial charge in [-0.15, -0.1) is 0 Å². The van der Waals surface area contributed by atoms with Crippen molar-refractivity contribution in [2.45, 2.75) is 142 Å². The molecule has 0 aromatic heterocycles. The van der Waals surface area contributed by atoms with Gasteiger partial charge in [-0.3, -0.25) is 0 Å². The van der Waals surface area contributed by atoms with E-state index in [1.54, 1.807) is 0 Å². The predicted octanol–water partition coefficient (Wildman–Crippen LogP) is 8.48. The highest BCUT2D eigenvalue weighted by Crippen LogP contribution is 2.21. The van der Waals surface area contributed by atoms with Crippen LogP contribution in [0.25, 0.3) is 0 Å². The Morgan fingerprint density at radius 2 is 0.964 bits per heavy atom. The predicted molar refractivity (Wildman–Crippen MR) is 126 cm³/mol. The molecule has 0 radical (unpaired) electrons. The second kappa shape index (κ2) is 18.4. The third-order valence-electron chi connectivity index (χ3n) is 6.43. The van der Waals surface area contributed by atoms with Gasteiger partial charge >= 0.3 is 0 Å². The van der Waals surface area contributed by atoms with E-state index in [9.17, 15) is 0 Å². The summed E-state index contributed by atoms with van der Waals surface area (Å²) < 4.78 is 0. The van der Waals surface area contributed by atoms with Crippen molar-refractivity contribution < 1.29 is 0 Å². The first-order valence-electron chi connectivity index (χ1n) is 13.0. The van der Waals surface area contributed by atoms with Crippen LogP contribution in [0.1, 0.15) is 136 Å². The van der Waals surface area contributed by atoms with Crippen molar-refractivity contribution in [3.05, 3.63) is 12.4 Å². The Labute approximate surface area is 178 Å². The van der Waals surface area contributed by atoms with Crippen molar-refractivity contribution in [3.8, 4) is 0 Å². The van der Waals surface area contributed by atoms with Crippen LogP contribution in [0, 0.1) is 0 Å². The molecule has 1 aliphatic rings. The maximum Gasteiger partial charge on any atom is 0.100 e. The first-order valence-corrected chi connectivity index (χ1v) is 13.0. The topological polar surface area (TPSA) is 6.48 Å². The largest absolute Gasteiger partial charge is 0.359 e. The molecule has 0 N–H and O–H groups in total. The van der Waals surface area contributed by atoms with Crippen LogP contribution in [0.3, 0.4) is 0 Å². The van der Waals surface area contributed by atoms with Crippen LogP contribution >= 0.6 is 0 Å². The molecular formula is C26H52N2. The van der Waals surface area contributed by atoms with Crippen molar-refractivity contribution in [3.63, 3.8) is 0 Å². The summed E-state index contributed by atoms with van der Waals surface area (Å²) in [6, 6.07) is 0. The van der Waals surface area contributed by atoms with Crippen molar-refractivity contribution in [1.29, 1.82) is 0 Å². The van der Waals surface area contributed by atoms with Crippen LogP contribution in [-0.4, -0.2) is 29.6 Å². The lowest BCUT2D eigenvalue weighted by molar-refractivity contribution is 0.159. The number of rotatable bonds is 20. The third-order valence-corrected chi connectivity index (χ3v) is 6.43. The molecule has 0 fully saturated rings. The van der Waals surface area contributed by atoms with Gasteiger partial charge in [0, 0.05) is 26.0 Å². The van der Waals surface area contributed by atoms with Crippen LogP contribution in [0.2, 0.25) is 0 Å². The maximum absolute atomic E-state index is 2.60. The van der Waals surface area contributed by atoms with E-state index in [0.29, 0.717) is 6.17 Å². The van der Waals surface area contributed by atoms with Gasteiger partial charge in [0.25, 0.3) is 0 Å². The smallest absolute Gasteiger partial charge is 0.100 e. The standard InChI is InChI=1S/C26H52N2/c1-4-6-8-10-12-14-16-18-20-22-26-27(3)24-25-28(26)23-21-19-17-15-13-11-9-7-5-2/h24-26H,4-23H2,1-3H3. The number of nitrogens with zero attached hydrogens (tertiary/aromatic N) is 2. The number of hydrogen-bond donors (Lipinski definition) is 0. The summed E-state index contributed by atoms with van der Waals surface area (Å²) >= 11 is 0. The molecule has 1 atom stereocenters. The quantitative estimate of drug-likeness (QED) is 0.192. The Balaban J connectivity index is 1.98. The Morgan fingerprint density at radius 3 is 1.46 bits per heavy atom. The molecule has 0 aromatic rings. The Bertz CT molecular complexity index is 352. The maximum atomic E-state index is 2.60. The van der Waals surface area contributed by atoms with Gasteiger partial charge in [-0.25, -0.2) is 0 Å². The van der Waals surface area contributed by atoms with Crippen LogP contribution in [-0.2, 0) is 0 Å². The van der Waals surface area contributed by atoms with Gasteiger partial charge in [0.05, 0.1) is 0 Å². The zero-order valence-electron chi connectivity index (χ0n) is 19.8. The summed E-state index contributed by atoms with van der Waals surface area (Å²) in [5, 5.41) is 0. The van der Waals surface area contributed by atoms with E-state index in [1.807, 2.05) is 0 Å². The van der Waals surface area contributed by atoms with Gasteiger partial charge in [-0.05, 0) is 19.3 Å². The van der Waals surface area contributed by atoms with E-state index < -0.39 is 0 Å². The van der Waals surface area contributed by atoms with E-state index in [-0.39, 0.29) is 0 Å². The molecule has 0 aliphatic carbocycles. The fourth-order valence-corrected chi connectivity index (χ4v) is 4.46. The number of unbranched alkanes of at least 4 members (excludes halogenated alkanes) is 16. The van der Waals surface area contributed by atoms with E-state index >= 15 is 0 Å². The van der Waals surface area contributed by atoms with Crippen molar-refractivity contribution >= 4 is 0 Å². The van der Waals surface area contributed by atoms with Crippen LogP contribution in [0.5, 0.6) is 0 Å². The fourth-order valence-electron chi connectivity index (χ4n) is 4.46. The third kappa shape index (κ3) is 12.7. The molecule has 0 spiro atoms. The molecule has 2 heteroatoms. The first-order chi connectivity index (χ1) is 13.8. The Kier molecular flexibility index (Phi) is 16.7. The van der Waals surface area contributed by atoms with Gasteiger partial charge in [0.15, 0.2) is 0 Å². The lowest BCUT2D eigenvalue weighted by Gasteiger charge is -2.30. The summed E-state index contributed by atoms with van der Waals surface area (Å²) in [5.41, 5.74) is 0. The SMILES string of the molecule is CCCCCCCCCCCC1N(C)C=CN1CCCCCCCCCCC. The summed E-state index contributed by atoms with van der Waals surface area (Å²) in [5.74, 6) is 0. The summed E-state index contributed by atoms with van der Waals surface area (Å²) in [7, 11) is 2.26. The molecule has 0 saturated carbocycles. The highest BCUT2D eigenvalue weighted by atomic mass is 15.4. The minimum absolute atomic E-state index is 0.624. The molecule has 166 valence electrons. The van der Waals surface area contributed by atoms with Crippen LogP contribution in [0.4, 0.5) is 0 Å². The lowest BCUT2D eigenvalue weighted by Crippen LogP contribution is -2.37. The molecular weight excluding hydrogens is 340 g/mol. The van der Waals surface area contributed by atoms with Crippen LogP contribution in [0.15, 0.2) is 12.4 Å². The first kappa shape index (κ1) is 25.4. The monoisotopic (exact) mass is 392 g/mol. The highest BCUT2D eigenvalue weighted by molar-refractivity contribution is 4.95.